The highest BCUT2D eigenvalue weighted by molar-refractivity contribution is 6.09. The third kappa shape index (κ3) is 4.05. The monoisotopic (exact) mass is 385 g/mol. The second-order valence-electron chi connectivity index (χ2n) is 9.15. The summed E-state index contributed by atoms with van der Waals surface area (Å²) in [5.74, 6) is -0.120. The van der Waals surface area contributed by atoms with Gasteiger partial charge in [0.05, 0.1) is 0 Å². The fraction of sp³-hybridized carbons (Fsp3) is 0.591. The maximum absolute atomic E-state index is 13.2. The van der Waals surface area contributed by atoms with Crippen LogP contribution in [-0.4, -0.2) is 46.3 Å². The molecule has 2 aliphatic rings. The van der Waals surface area contributed by atoms with Gasteiger partial charge in [0.1, 0.15) is 12.1 Å². The minimum absolute atomic E-state index is 0.0244. The molecule has 2 fully saturated rings. The van der Waals surface area contributed by atoms with Crippen LogP contribution in [0, 0.1) is 11.3 Å². The highest BCUT2D eigenvalue weighted by Crippen LogP contribution is 2.46. The number of likely N-dealkylation sites (N-methyl/N-ethyl adjacent to an activating group) is 1. The fourth-order valence-electron chi connectivity index (χ4n) is 5.06. The number of carbonyl (C=O) groups excluding carboxylic acids is 3. The minimum atomic E-state index is -0.866. The number of rotatable bonds is 5. The van der Waals surface area contributed by atoms with Crippen molar-refractivity contribution in [3.05, 3.63) is 35.9 Å². The molecule has 4 amide bonds. The normalized spacial score (nSPS) is 26.4. The van der Waals surface area contributed by atoms with Gasteiger partial charge in [0.25, 0.3) is 5.91 Å². The standard InChI is InChI=1S/C22H31N3O3/c1-5-24(13-17-9-7-6-8-10-17)18(26)14-25-19(27)22(23-20(25)28)12-16(2)11-21(3,4)15-22/h6-10,16H,5,11-15H2,1-4H3,(H,23,28)/t16-,22-/m1/s1. The summed E-state index contributed by atoms with van der Waals surface area (Å²) in [4.78, 5) is 41.4. The van der Waals surface area contributed by atoms with Gasteiger partial charge in [0.15, 0.2) is 0 Å². The first-order valence-corrected chi connectivity index (χ1v) is 10.1. The summed E-state index contributed by atoms with van der Waals surface area (Å²) in [6.45, 7) is 9.07. The number of hydrogen-bond donors (Lipinski definition) is 1. The summed E-state index contributed by atoms with van der Waals surface area (Å²) in [6.07, 6.45) is 2.27. The first kappa shape index (κ1) is 20.4. The smallest absolute Gasteiger partial charge is 0.325 e. The van der Waals surface area contributed by atoms with Crippen molar-refractivity contribution in [3.63, 3.8) is 0 Å². The molecule has 1 saturated heterocycles. The summed E-state index contributed by atoms with van der Waals surface area (Å²) < 4.78 is 0. The van der Waals surface area contributed by atoms with E-state index in [0.717, 1.165) is 16.9 Å². The van der Waals surface area contributed by atoms with Gasteiger partial charge < -0.3 is 10.2 Å². The van der Waals surface area contributed by atoms with E-state index in [1.54, 1.807) is 4.90 Å². The topological polar surface area (TPSA) is 69.7 Å². The maximum atomic E-state index is 13.2. The molecule has 3 rings (SSSR count). The van der Waals surface area contributed by atoms with Crippen molar-refractivity contribution < 1.29 is 14.4 Å². The summed E-state index contributed by atoms with van der Waals surface area (Å²) in [5, 5.41) is 2.93. The van der Waals surface area contributed by atoms with E-state index in [9.17, 15) is 14.4 Å². The third-order valence-corrected chi connectivity index (χ3v) is 5.87. The first-order valence-electron chi connectivity index (χ1n) is 10.1. The van der Waals surface area contributed by atoms with Crippen molar-refractivity contribution in [2.45, 2.75) is 59.0 Å². The zero-order valence-electron chi connectivity index (χ0n) is 17.3. The Morgan fingerprint density at radius 2 is 1.89 bits per heavy atom. The SMILES string of the molecule is CCN(Cc1ccccc1)C(=O)CN1C(=O)N[C@@]2(C[C@H](C)CC(C)(C)C2)C1=O. The number of hydrogen-bond acceptors (Lipinski definition) is 3. The zero-order valence-corrected chi connectivity index (χ0v) is 17.3. The van der Waals surface area contributed by atoms with Crippen molar-refractivity contribution in [2.24, 2.45) is 11.3 Å². The molecule has 0 bridgehead atoms. The molecule has 1 heterocycles. The Bertz CT molecular complexity index is 762. The van der Waals surface area contributed by atoms with E-state index in [4.69, 9.17) is 0 Å². The van der Waals surface area contributed by atoms with Gasteiger partial charge in [-0.2, -0.15) is 0 Å². The van der Waals surface area contributed by atoms with Gasteiger partial charge in [-0.3, -0.25) is 14.5 Å². The van der Waals surface area contributed by atoms with E-state index in [0.29, 0.717) is 31.8 Å². The Morgan fingerprint density at radius 1 is 1.21 bits per heavy atom. The van der Waals surface area contributed by atoms with Crippen LogP contribution < -0.4 is 5.32 Å². The molecule has 1 N–H and O–H groups in total. The zero-order chi connectivity index (χ0) is 20.5. The van der Waals surface area contributed by atoms with Crippen molar-refractivity contribution in [3.8, 4) is 0 Å². The number of urea groups is 1. The van der Waals surface area contributed by atoms with Gasteiger partial charge in [-0.15, -0.1) is 0 Å². The predicted molar refractivity (Wildman–Crippen MR) is 107 cm³/mol. The third-order valence-electron chi connectivity index (χ3n) is 5.87. The molecule has 1 aromatic rings. The molecule has 152 valence electrons. The highest BCUT2D eigenvalue weighted by atomic mass is 16.2. The van der Waals surface area contributed by atoms with Crippen LogP contribution in [0.1, 0.15) is 52.5 Å². The van der Waals surface area contributed by atoms with E-state index >= 15 is 0 Å². The predicted octanol–water partition coefficient (Wildman–Crippen LogP) is 3.17. The van der Waals surface area contributed by atoms with E-state index in [1.807, 2.05) is 37.3 Å². The molecule has 6 heteroatoms. The number of nitrogens with one attached hydrogen (secondary N) is 1. The first-order chi connectivity index (χ1) is 13.2. The number of carbonyl (C=O) groups is 3. The lowest BCUT2D eigenvalue weighted by molar-refractivity contribution is -0.141. The molecule has 1 aliphatic carbocycles. The van der Waals surface area contributed by atoms with Crippen LogP contribution in [0.2, 0.25) is 0 Å². The quantitative estimate of drug-likeness (QED) is 0.792. The second-order valence-corrected chi connectivity index (χ2v) is 9.15. The summed E-state index contributed by atoms with van der Waals surface area (Å²) in [7, 11) is 0. The van der Waals surface area contributed by atoms with E-state index < -0.39 is 11.6 Å². The Balaban J connectivity index is 1.72. The molecule has 1 aliphatic heterocycles. The molecule has 6 nitrogen and oxygen atoms in total. The van der Waals surface area contributed by atoms with Crippen LogP contribution in [0.3, 0.4) is 0 Å². The second kappa shape index (κ2) is 7.57. The van der Waals surface area contributed by atoms with Crippen molar-refractivity contribution in [1.29, 1.82) is 0 Å². The molecule has 1 aromatic carbocycles. The van der Waals surface area contributed by atoms with Gasteiger partial charge in [-0.25, -0.2) is 4.79 Å². The van der Waals surface area contributed by atoms with Gasteiger partial charge >= 0.3 is 6.03 Å². The Hall–Kier alpha value is -2.37. The Labute approximate surface area is 167 Å². The molecule has 2 atom stereocenters. The molecule has 1 saturated carbocycles. The van der Waals surface area contributed by atoms with Crippen molar-refractivity contribution in [1.82, 2.24) is 15.1 Å². The van der Waals surface area contributed by atoms with Gasteiger partial charge in [-0.05, 0) is 43.1 Å². The highest BCUT2D eigenvalue weighted by Gasteiger charge is 2.56. The van der Waals surface area contributed by atoms with Crippen LogP contribution in [0.25, 0.3) is 0 Å². The number of imide groups is 1. The molecule has 0 radical (unpaired) electrons. The Morgan fingerprint density at radius 3 is 2.50 bits per heavy atom. The molecule has 0 unspecified atom stereocenters. The van der Waals surface area contributed by atoms with Crippen molar-refractivity contribution >= 4 is 17.8 Å². The van der Waals surface area contributed by atoms with E-state index in [-0.39, 0.29) is 23.8 Å². The van der Waals surface area contributed by atoms with Gasteiger partial charge in [0.2, 0.25) is 5.91 Å². The minimum Gasteiger partial charge on any atom is -0.337 e. The van der Waals surface area contributed by atoms with Gasteiger partial charge in [0, 0.05) is 13.1 Å². The van der Waals surface area contributed by atoms with Crippen LogP contribution in [0.15, 0.2) is 30.3 Å². The van der Waals surface area contributed by atoms with Crippen molar-refractivity contribution in [2.75, 3.05) is 13.1 Å². The fourth-order valence-corrected chi connectivity index (χ4v) is 5.06. The van der Waals surface area contributed by atoms with Crippen LogP contribution >= 0.6 is 0 Å². The average Bonchev–Trinajstić information content (AvgIpc) is 2.82. The summed E-state index contributed by atoms with van der Waals surface area (Å²) in [6, 6.07) is 9.27. The molecular weight excluding hydrogens is 354 g/mol. The van der Waals surface area contributed by atoms with Crippen LogP contribution in [-0.2, 0) is 16.1 Å². The molecule has 1 spiro atoms. The van der Waals surface area contributed by atoms with E-state index in [2.05, 4.69) is 26.1 Å². The van der Waals surface area contributed by atoms with Crippen LogP contribution in [0.4, 0.5) is 4.79 Å². The average molecular weight is 386 g/mol. The molecular formula is C22H31N3O3. The number of nitrogens with zero attached hydrogens (tertiary/aromatic N) is 2. The van der Waals surface area contributed by atoms with E-state index in [1.165, 1.54) is 0 Å². The van der Waals surface area contributed by atoms with Gasteiger partial charge in [-0.1, -0.05) is 51.1 Å². The summed E-state index contributed by atoms with van der Waals surface area (Å²) >= 11 is 0. The largest absolute Gasteiger partial charge is 0.337 e. The molecule has 28 heavy (non-hydrogen) atoms. The lowest BCUT2D eigenvalue weighted by atomic mass is 9.64. The number of benzene rings is 1. The lowest BCUT2D eigenvalue weighted by Crippen LogP contribution is -2.54. The Kier molecular flexibility index (Phi) is 5.50. The summed E-state index contributed by atoms with van der Waals surface area (Å²) in [5.41, 5.74) is 0.132. The number of amides is 4. The maximum Gasteiger partial charge on any atom is 0.325 e. The van der Waals surface area contributed by atoms with Crippen LogP contribution in [0.5, 0.6) is 0 Å². The molecule has 0 aromatic heterocycles. The lowest BCUT2D eigenvalue weighted by Gasteiger charge is -2.43.